The summed E-state index contributed by atoms with van der Waals surface area (Å²) in [6.45, 7) is 10.1. The standard InChI is InChI=1S/C25H39N4O9PS2/c1-24(2,3)22(32)40-11-9-35-39(34,36-10-12-41-23(33)25(4,5)6)37-13-17-18(30)19(31)20(38-17)15-7-8-16-21(26)27-14-28-29(15)16/h7-8,14,17-20,30-31H,9-13H2,1-6H3,(H2,26,27,28)/t17-,18-,19-,20+/m1/s1. The molecule has 16 heteroatoms. The third-order valence-corrected chi connectivity index (χ3v) is 9.87. The first-order chi connectivity index (χ1) is 19.0. The number of aliphatic hydroxyl groups excluding tert-OH is 2. The van der Waals surface area contributed by atoms with Crippen molar-refractivity contribution >= 4 is 52.9 Å². The molecule has 0 saturated carbocycles. The molecule has 0 unspecified atom stereocenters. The molecule has 3 heterocycles. The summed E-state index contributed by atoms with van der Waals surface area (Å²) in [4.78, 5) is 28.3. The topological polar surface area (TPSA) is 185 Å². The zero-order valence-electron chi connectivity index (χ0n) is 24.0. The van der Waals surface area contributed by atoms with Crippen molar-refractivity contribution < 1.29 is 42.7 Å². The van der Waals surface area contributed by atoms with Crippen molar-refractivity contribution in [3.05, 3.63) is 24.2 Å². The first kappa shape index (κ1) is 33.9. The Morgan fingerprint density at radius 3 is 2.10 bits per heavy atom. The molecular weight excluding hydrogens is 595 g/mol. The normalized spacial score (nSPS) is 22.0. The van der Waals surface area contributed by atoms with Crippen LogP contribution in [-0.4, -0.2) is 84.7 Å². The lowest BCUT2D eigenvalue weighted by atomic mass is 9.99. The number of ether oxygens (including phenoxy) is 1. The Balaban J connectivity index is 1.64. The number of aromatic nitrogens is 3. The van der Waals surface area contributed by atoms with Crippen molar-refractivity contribution in [2.24, 2.45) is 10.8 Å². The van der Waals surface area contributed by atoms with E-state index in [9.17, 15) is 24.4 Å². The van der Waals surface area contributed by atoms with E-state index in [2.05, 4.69) is 10.1 Å². The third-order valence-electron chi connectivity index (χ3n) is 5.92. The van der Waals surface area contributed by atoms with Gasteiger partial charge in [-0.25, -0.2) is 14.1 Å². The molecule has 0 amide bonds. The fraction of sp³-hybridized carbons (Fsp3) is 0.680. The first-order valence-electron chi connectivity index (χ1n) is 13.0. The summed E-state index contributed by atoms with van der Waals surface area (Å²) in [5.74, 6) is 0.651. The lowest BCUT2D eigenvalue weighted by Gasteiger charge is -2.22. The van der Waals surface area contributed by atoms with Crippen LogP contribution in [-0.2, 0) is 32.5 Å². The molecular formula is C25H39N4O9PS2. The molecule has 4 N–H and O–H groups in total. The van der Waals surface area contributed by atoms with Crippen LogP contribution in [0.2, 0.25) is 0 Å². The lowest BCUT2D eigenvalue weighted by Crippen LogP contribution is -2.33. The molecule has 0 aromatic carbocycles. The quantitative estimate of drug-likeness (QED) is 0.228. The van der Waals surface area contributed by atoms with Crippen LogP contribution in [0.3, 0.4) is 0 Å². The van der Waals surface area contributed by atoms with Crippen LogP contribution in [0.25, 0.3) is 5.52 Å². The van der Waals surface area contributed by atoms with Crippen LogP contribution in [0, 0.1) is 10.8 Å². The van der Waals surface area contributed by atoms with Crippen LogP contribution in [0.4, 0.5) is 5.82 Å². The number of hydrogen-bond acceptors (Lipinski definition) is 14. The molecule has 0 spiro atoms. The van der Waals surface area contributed by atoms with Crippen LogP contribution in [0.15, 0.2) is 18.5 Å². The monoisotopic (exact) mass is 634 g/mol. The number of hydrogen-bond donors (Lipinski definition) is 3. The van der Waals surface area contributed by atoms with Gasteiger partial charge < -0.3 is 20.7 Å². The smallest absolute Gasteiger partial charge is 0.387 e. The molecule has 41 heavy (non-hydrogen) atoms. The Morgan fingerprint density at radius 2 is 1.56 bits per heavy atom. The number of nitrogen functional groups attached to an aromatic ring is 1. The van der Waals surface area contributed by atoms with Gasteiger partial charge in [0.25, 0.3) is 0 Å². The highest BCUT2D eigenvalue weighted by atomic mass is 32.2. The highest BCUT2D eigenvalue weighted by molar-refractivity contribution is 8.14. The van der Waals surface area contributed by atoms with Crippen LogP contribution < -0.4 is 5.73 Å². The summed E-state index contributed by atoms with van der Waals surface area (Å²) in [5, 5.41) is 25.4. The van der Waals surface area contributed by atoms with Crippen molar-refractivity contribution in [2.75, 3.05) is 37.1 Å². The number of nitrogens with two attached hydrogens (primary N) is 1. The van der Waals surface area contributed by atoms with Gasteiger partial charge in [0, 0.05) is 22.3 Å². The molecule has 4 atom stereocenters. The van der Waals surface area contributed by atoms with Crippen LogP contribution in [0.5, 0.6) is 0 Å². The zero-order valence-corrected chi connectivity index (χ0v) is 26.5. The van der Waals surface area contributed by atoms with Crippen molar-refractivity contribution in [3.63, 3.8) is 0 Å². The molecule has 3 rings (SSSR count). The molecule has 1 saturated heterocycles. The molecule has 0 bridgehead atoms. The molecule has 1 fully saturated rings. The summed E-state index contributed by atoms with van der Waals surface area (Å²) in [5.41, 5.74) is 5.72. The Kier molecular flexibility index (Phi) is 11.4. The Hall–Kier alpha value is -1.55. The maximum atomic E-state index is 13.5. The first-order valence-corrected chi connectivity index (χ1v) is 16.4. The van der Waals surface area contributed by atoms with E-state index < -0.39 is 49.7 Å². The Morgan fingerprint density at radius 1 is 1.00 bits per heavy atom. The lowest BCUT2D eigenvalue weighted by molar-refractivity contribution is -0.118. The Labute approximate surface area is 247 Å². The fourth-order valence-electron chi connectivity index (χ4n) is 3.60. The van der Waals surface area contributed by atoms with E-state index in [1.807, 2.05) is 0 Å². The van der Waals surface area contributed by atoms with Crippen LogP contribution >= 0.6 is 31.3 Å². The molecule has 0 radical (unpaired) electrons. The summed E-state index contributed by atoms with van der Waals surface area (Å²) in [6, 6.07) is 3.31. The van der Waals surface area contributed by atoms with Gasteiger partial charge in [-0.2, -0.15) is 5.10 Å². The van der Waals surface area contributed by atoms with Gasteiger partial charge in [-0.05, 0) is 12.1 Å². The number of carbonyl (C=O) groups is 2. The molecule has 0 aliphatic carbocycles. The number of aliphatic hydroxyl groups is 2. The summed E-state index contributed by atoms with van der Waals surface area (Å²) >= 11 is 2.08. The van der Waals surface area contributed by atoms with Gasteiger partial charge in [0.1, 0.15) is 36.3 Å². The number of carbonyl (C=O) groups excluding carboxylic acids is 2. The van der Waals surface area contributed by atoms with Crippen molar-refractivity contribution in [2.45, 2.75) is 66.0 Å². The highest BCUT2D eigenvalue weighted by Gasteiger charge is 2.46. The van der Waals surface area contributed by atoms with Gasteiger partial charge in [0.05, 0.1) is 25.5 Å². The van der Waals surface area contributed by atoms with E-state index in [1.165, 1.54) is 10.8 Å². The van der Waals surface area contributed by atoms with Gasteiger partial charge in [0.2, 0.25) is 0 Å². The van der Waals surface area contributed by atoms with Crippen LogP contribution in [0.1, 0.15) is 53.3 Å². The predicted molar refractivity (Wildman–Crippen MR) is 156 cm³/mol. The van der Waals surface area contributed by atoms with Gasteiger partial charge in [0.15, 0.2) is 16.0 Å². The Bertz CT molecular complexity index is 1230. The molecule has 13 nitrogen and oxygen atoms in total. The molecule has 2 aromatic heterocycles. The molecule has 230 valence electrons. The van der Waals surface area contributed by atoms with E-state index in [1.54, 1.807) is 53.7 Å². The number of anilines is 1. The van der Waals surface area contributed by atoms with Crippen molar-refractivity contribution in [1.29, 1.82) is 0 Å². The minimum atomic E-state index is -4.21. The average Bonchev–Trinajstić information content (AvgIpc) is 3.43. The predicted octanol–water partition coefficient (Wildman–Crippen LogP) is 3.24. The third kappa shape index (κ3) is 8.97. The van der Waals surface area contributed by atoms with E-state index in [0.29, 0.717) is 11.2 Å². The average molecular weight is 635 g/mol. The van der Waals surface area contributed by atoms with E-state index >= 15 is 0 Å². The van der Waals surface area contributed by atoms with Gasteiger partial charge in [-0.1, -0.05) is 65.1 Å². The number of nitrogens with zero attached hydrogens (tertiary/aromatic N) is 3. The summed E-state index contributed by atoms with van der Waals surface area (Å²) in [7, 11) is -4.21. The van der Waals surface area contributed by atoms with E-state index in [4.69, 9.17) is 24.0 Å². The number of rotatable bonds is 12. The summed E-state index contributed by atoms with van der Waals surface area (Å²) in [6.07, 6.45) is -3.56. The second-order valence-corrected chi connectivity index (χ2v) is 15.3. The fourth-order valence-corrected chi connectivity index (χ4v) is 6.60. The van der Waals surface area contributed by atoms with Gasteiger partial charge in [-0.3, -0.25) is 23.2 Å². The second-order valence-electron chi connectivity index (χ2n) is 11.5. The zero-order chi connectivity index (χ0) is 30.6. The SMILES string of the molecule is CC(C)(C)C(=O)SCCOP(=O)(OCCSC(=O)C(C)(C)C)OC[C@H]1O[C@@H](c2ccc3c(N)ncnn23)[C@H](O)[C@@H]1O. The molecule has 1 aliphatic heterocycles. The van der Waals surface area contributed by atoms with Crippen molar-refractivity contribution in [1.82, 2.24) is 14.6 Å². The van der Waals surface area contributed by atoms with Gasteiger partial charge in [-0.15, -0.1) is 0 Å². The highest BCUT2D eigenvalue weighted by Crippen LogP contribution is 2.50. The second kappa shape index (κ2) is 13.8. The van der Waals surface area contributed by atoms with Gasteiger partial charge >= 0.3 is 7.82 Å². The molecule has 2 aromatic rings. The number of fused-ring (bicyclic) bond motifs is 1. The van der Waals surface area contributed by atoms with E-state index in [0.717, 1.165) is 23.5 Å². The largest absolute Gasteiger partial charge is 0.474 e. The maximum absolute atomic E-state index is 13.5. The minimum Gasteiger partial charge on any atom is -0.387 e. The number of phosphoric acid groups is 1. The number of thioether (sulfide) groups is 2. The minimum absolute atomic E-state index is 0.0534. The number of phosphoric ester groups is 1. The van der Waals surface area contributed by atoms with E-state index in [-0.39, 0.29) is 40.8 Å². The van der Waals surface area contributed by atoms with Crippen molar-refractivity contribution in [3.8, 4) is 0 Å². The maximum Gasteiger partial charge on any atom is 0.474 e. The summed E-state index contributed by atoms with van der Waals surface area (Å²) < 4.78 is 37.3. The molecule has 1 aliphatic rings.